The van der Waals surface area contributed by atoms with Crippen LogP contribution in [0.15, 0.2) is 0 Å². The summed E-state index contributed by atoms with van der Waals surface area (Å²) in [5.41, 5.74) is 0. The third-order valence-electron chi connectivity index (χ3n) is 5.51. The zero-order chi connectivity index (χ0) is 17.9. The molecule has 0 aromatic heterocycles. The van der Waals surface area contributed by atoms with Crippen LogP contribution in [0.1, 0.15) is 67.2 Å². The molecule has 3 nitrogen and oxygen atoms in total. The molecule has 0 aliphatic heterocycles. The van der Waals surface area contributed by atoms with Crippen LogP contribution >= 0.6 is 0 Å². The standard InChI is InChI=1S/C18H39NO2SSi/c1-17(2,3)22(20)19-13-15-9-11-16(12-10-15)14-21-23(7,8)18(4,5)6/h15-16,19H,9-14H2,1-8H3. The molecular formula is C18H39NO2SSi. The van der Waals surface area contributed by atoms with E-state index in [1.54, 1.807) is 0 Å². The maximum Gasteiger partial charge on any atom is 0.191 e. The lowest BCUT2D eigenvalue weighted by Gasteiger charge is -2.38. The highest BCUT2D eigenvalue weighted by atomic mass is 32.2. The van der Waals surface area contributed by atoms with Crippen molar-refractivity contribution < 1.29 is 8.98 Å². The van der Waals surface area contributed by atoms with E-state index in [9.17, 15) is 4.55 Å². The number of hydrogen-bond acceptors (Lipinski definition) is 3. The quantitative estimate of drug-likeness (QED) is 0.542. The summed E-state index contributed by atoms with van der Waals surface area (Å²) in [5.74, 6) is 1.39. The monoisotopic (exact) mass is 361 g/mol. The lowest BCUT2D eigenvalue weighted by molar-refractivity contribution is 0.171. The normalized spacial score (nSPS) is 25.4. The first-order chi connectivity index (χ1) is 10.3. The zero-order valence-electron chi connectivity index (χ0n) is 16.6. The van der Waals surface area contributed by atoms with E-state index in [4.69, 9.17) is 4.43 Å². The van der Waals surface area contributed by atoms with Gasteiger partial charge in [0, 0.05) is 24.5 Å². The Morgan fingerprint density at radius 3 is 1.91 bits per heavy atom. The summed E-state index contributed by atoms with van der Waals surface area (Å²) in [6.45, 7) is 19.5. The average molecular weight is 362 g/mol. The minimum Gasteiger partial charge on any atom is -0.598 e. The van der Waals surface area contributed by atoms with Crippen LogP contribution in [-0.4, -0.2) is 30.8 Å². The highest BCUT2D eigenvalue weighted by molar-refractivity contribution is 7.90. The van der Waals surface area contributed by atoms with E-state index in [-0.39, 0.29) is 4.75 Å². The van der Waals surface area contributed by atoms with Crippen molar-refractivity contribution in [2.24, 2.45) is 11.8 Å². The average Bonchev–Trinajstić information content (AvgIpc) is 2.41. The molecule has 0 heterocycles. The fourth-order valence-corrected chi connectivity index (χ4v) is 4.46. The second kappa shape index (κ2) is 8.22. The van der Waals surface area contributed by atoms with E-state index in [0.717, 1.165) is 13.2 Å². The first-order valence-electron chi connectivity index (χ1n) is 9.12. The molecule has 0 spiro atoms. The molecule has 0 amide bonds. The third kappa shape index (κ3) is 7.06. The smallest absolute Gasteiger partial charge is 0.191 e. The van der Waals surface area contributed by atoms with Crippen molar-refractivity contribution in [1.82, 2.24) is 4.72 Å². The highest BCUT2D eigenvalue weighted by Crippen LogP contribution is 2.38. The van der Waals surface area contributed by atoms with Gasteiger partial charge in [-0.3, -0.25) is 0 Å². The van der Waals surface area contributed by atoms with Gasteiger partial charge in [0.25, 0.3) is 0 Å². The minimum atomic E-state index is -1.61. The van der Waals surface area contributed by atoms with Gasteiger partial charge < -0.3 is 8.98 Å². The second-order valence-corrected chi connectivity index (χ2v) is 16.5. The Morgan fingerprint density at radius 2 is 1.48 bits per heavy atom. The number of rotatable bonds is 6. The van der Waals surface area contributed by atoms with Gasteiger partial charge in [-0.25, -0.2) is 0 Å². The number of nitrogens with one attached hydrogen (secondary N) is 1. The Hall–Kier alpha value is 0.447. The highest BCUT2D eigenvalue weighted by Gasteiger charge is 2.38. The Kier molecular flexibility index (Phi) is 7.68. The van der Waals surface area contributed by atoms with Crippen molar-refractivity contribution in [3.05, 3.63) is 0 Å². The molecule has 5 heteroatoms. The van der Waals surface area contributed by atoms with Gasteiger partial charge >= 0.3 is 0 Å². The Balaban J connectivity index is 2.28. The van der Waals surface area contributed by atoms with E-state index in [2.05, 4.69) is 38.6 Å². The first-order valence-corrected chi connectivity index (χ1v) is 13.2. The van der Waals surface area contributed by atoms with Gasteiger partial charge in [0.05, 0.1) is 0 Å². The molecule has 1 unspecified atom stereocenters. The molecule has 1 aliphatic carbocycles. The molecule has 1 saturated carbocycles. The fourth-order valence-electron chi connectivity index (χ4n) is 2.56. The van der Waals surface area contributed by atoms with Crippen molar-refractivity contribution in [2.45, 2.75) is 90.1 Å². The lowest BCUT2D eigenvalue weighted by atomic mass is 9.82. The maximum atomic E-state index is 12.1. The van der Waals surface area contributed by atoms with Crippen molar-refractivity contribution in [3.8, 4) is 0 Å². The van der Waals surface area contributed by atoms with Crippen molar-refractivity contribution >= 4 is 19.7 Å². The van der Waals surface area contributed by atoms with Gasteiger partial charge in [0.15, 0.2) is 8.32 Å². The van der Waals surface area contributed by atoms with E-state index in [0.29, 0.717) is 16.9 Å². The van der Waals surface area contributed by atoms with E-state index < -0.39 is 19.7 Å². The summed E-state index contributed by atoms with van der Waals surface area (Å²) in [6.07, 6.45) is 4.98. The van der Waals surface area contributed by atoms with E-state index in [1.807, 2.05) is 20.8 Å². The van der Waals surface area contributed by atoms with Crippen LogP contribution in [0, 0.1) is 11.8 Å². The van der Waals surface area contributed by atoms with Gasteiger partial charge in [-0.1, -0.05) is 20.8 Å². The summed E-state index contributed by atoms with van der Waals surface area (Å²) in [4.78, 5) is 0. The Bertz CT molecular complexity index is 355. The van der Waals surface area contributed by atoms with Crippen molar-refractivity contribution in [3.63, 3.8) is 0 Å². The van der Waals surface area contributed by atoms with Crippen molar-refractivity contribution in [1.29, 1.82) is 0 Å². The molecule has 0 radical (unpaired) electrons. The predicted octanol–water partition coefficient (Wildman–Crippen LogP) is 4.87. The van der Waals surface area contributed by atoms with Gasteiger partial charge in [-0.15, -0.1) is 4.72 Å². The molecule has 0 saturated heterocycles. The summed E-state index contributed by atoms with van der Waals surface area (Å²) in [5, 5.41) is 0.297. The van der Waals surface area contributed by atoms with Gasteiger partial charge in [-0.2, -0.15) is 0 Å². The summed E-state index contributed by atoms with van der Waals surface area (Å²) in [6, 6.07) is 0. The van der Waals surface area contributed by atoms with Crippen LogP contribution in [0.25, 0.3) is 0 Å². The molecule has 23 heavy (non-hydrogen) atoms. The minimum absolute atomic E-state index is 0.172. The lowest BCUT2D eigenvalue weighted by Crippen LogP contribution is -2.43. The summed E-state index contributed by atoms with van der Waals surface area (Å²) in [7, 11) is -1.61. The molecule has 0 aromatic rings. The summed E-state index contributed by atoms with van der Waals surface area (Å²) < 4.78 is 21.5. The van der Waals surface area contributed by atoms with Crippen LogP contribution < -0.4 is 4.72 Å². The molecule has 1 rings (SSSR count). The molecular weight excluding hydrogens is 322 g/mol. The molecule has 0 bridgehead atoms. The van der Waals surface area contributed by atoms with Crippen LogP contribution in [0.4, 0.5) is 0 Å². The first kappa shape index (κ1) is 21.5. The molecule has 1 N–H and O–H groups in total. The van der Waals surface area contributed by atoms with Crippen LogP contribution in [0.5, 0.6) is 0 Å². The Labute approximate surface area is 148 Å². The maximum absolute atomic E-state index is 12.1. The number of hydrogen-bond donors (Lipinski definition) is 1. The van der Waals surface area contributed by atoms with Crippen LogP contribution in [0.2, 0.25) is 18.1 Å². The largest absolute Gasteiger partial charge is 0.598 e. The van der Waals surface area contributed by atoms with Crippen LogP contribution in [-0.2, 0) is 15.8 Å². The SMILES string of the molecule is CC(C)(C)[S+]([O-])NCC1CCC(CO[Si](C)(C)C(C)(C)C)CC1. The molecule has 0 aromatic carbocycles. The van der Waals surface area contributed by atoms with Gasteiger partial charge in [0.2, 0.25) is 0 Å². The van der Waals surface area contributed by atoms with Gasteiger partial charge in [0.1, 0.15) is 4.75 Å². The fraction of sp³-hybridized carbons (Fsp3) is 1.00. The molecule has 1 fully saturated rings. The molecule has 138 valence electrons. The topological polar surface area (TPSA) is 44.3 Å². The predicted molar refractivity (Wildman–Crippen MR) is 104 cm³/mol. The Morgan fingerprint density at radius 1 is 1.00 bits per heavy atom. The van der Waals surface area contributed by atoms with E-state index >= 15 is 0 Å². The van der Waals surface area contributed by atoms with Crippen molar-refractivity contribution in [2.75, 3.05) is 13.2 Å². The zero-order valence-corrected chi connectivity index (χ0v) is 18.4. The molecule has 1 aliphatic rings. The second-order valence-electron chi connectivity index (χ2n) is 9.69. The van der Waals surface area contributed by atoms with Gasteiger partial charge in [-0.05, 0) is 76.4 Å². The van der Waals surface area contributed by atoms with E-state index in [1.165, 1.54) is 25.7 Å². The third-order valence-corrected chi connectivity index (χ3v) is 11.6. The molecule has 1 atom stereocenters. The summed E-state index contributed by atoms with van der Waals surface area (Å²) >= 11 is -0.942. The van der Waals surface area contributed by atoms with Crippen LogP contribution in [0.3, 0.4) is 0 Å².